The third-order valence-corrected chi connectivity index (χ3v) is 5.91. The molecule has 0 saturated heterocycles. The lowest BCUT2D eigenvalue weighted by atomic mass is 10.1. The Morgan fingerprint density at radius 2 is 1.72 bits per heavy atom. The van der Waals surface area contributed by atoms with Crippen molar-refractivity contribution in [2.75, 3.05) is 5.32 Å². The van der Waals surface area contributed by atoms with Crippen LogP contribution in [0.4, 0.5) is 10.1 Å². The Bertz CT molecular complexity index is 1020. The third kappa shape index (κ3) is 4.54. The molecule has 1 aromatic heterocycles. The second-order valence-corrected chi connectivity index (χ2v) is 8.17. The summed E-state index contributed by atoms with van der Waals surface area (Å²) in [5.74, 6) is -0.239. The first-order valence-electron chi connectivity index (χ1n) is 9.56. The molecule has 2 amide bonds. The summed E-state index contributed by atoms with van der Waals surface area (Å²) in [6.07, 6.45) is 1.94. The number of hydrogen-bond acceptors (Lipinski definition) is 3. The molecule has 0 unspecified atom stereocenters. The van der Waals surface area contributed by atoms with Gasteiger partial charge in [0.25, 0.3) is 5.91 Å². The number of amides is 2. The Kier molecular flexibility index (Phi) is 5.45. The van der Waals surface area contributed by atoms with Gasteiger partial charge in [0.05, 0.1) is 10.9 Å². The van der Waals surface area contributed by atoms with Crippen LogP contribution < -0.4 is 10.6 Å². The van der Waals surface area contributed by atoms with Gasteiger partial charge in [-0.25, -0.2) is 4.39 Å². The first-order chi connectivity index (χ1) is 14.0. The number of rotatable bonds is 6. The van der Waals surface area contributed by atoms with Crippen molar-refractivity contribution in [2.24, 2.45) is 5.92 Å². The van der Waals surface area contributed by atoms with E-state index in [1.807, 2.05) is 42.6 Å². The maximum atomic E-state index is 13.2. The second kappa shape index (κ2) is 8.17. The number of anilines is 1. The van der Waals surface area contributed by atoms with Crippen LogP contribution in [0.15, 0.2) is 60.0 Å². The van der Waals surface area contributed by atoms with Gasteiger partial charge in [0.2, 0.25) is 5.91 Å². The van der Waals surface area contributed by atoms with E-state index in [1.165, 1.54) is 23.5 Å². The van der Waals surface area contributed by atoms with Gasteiger partial charge < -0.3 is 10.6 Å². The van der Waals surface area contributed by atoms with E-state index in [0.717, 1.165) is 35.2 Å². The van der Waals surface area contributed by atoms with Gasteiger partial charge in [-0.1, -0.05) is 24.3 Å². The van der Waals surface area contributed by atoms with Crippen molar-refractivity contribution in [3.63, 3.8) is 0 Å². The van der Waals surface area contributed by atoms with Crippen LogP contribution in [-0.2, 0) is 4.79 Å². The molecule has 1 heterocycles. The van der Waals surface area contributed by atoms with Gasteiger partial charge in [0.15, 0.2) is 0 Å². The van der Waals surface area contributed by atoms with E-state index < -0.39 is 0 Å². The number of benzene rings is 2. The fourth-order valence-electron chi connectivity index (χ4n) is 3.13. The smallest absolute Gasteiger partial charge is 0.262 e. The number of thiophene rings is 1. The first-order valence-corrected chi connectivity index (χ1v) is 10.4. The molecule has 2 N–H and O–H groups in total. The zero-order chi connectivity index (χ0) is 20.4. The van der Waals surface area contributed by atoms with Crippen LogP contribution in [-0.4, -0.2) is 11.8 Å². The van der Waals surface area contributed by atoms with Crippen LogP contribution in [0.1, 0.15) is 41.0 Å². The molecular formula is C23H21FN2O2S. The molecule has 1 aliphatic rings. The van der Waals surface area contributed by atoms with Crippen LogP contribution in [0.3, 0.4) is 0 Å². The molecule has 1 fully saturated rings. The van der Waals surface area contributed by atoms with Crippen LogP contribution in [0.2, 0.25) is 0 Å². The summed E-state index contributed by atoms with van der Waals surface area (Å²) in [7, 11) is 0. The van der Waals surface area contributed by atoms with Crippen molar-refractivity contribution in [2.45, 2.75) is 25.8 Å². The minimum absolute atomic E-state index is 0.0742. The van der Waals surface area contributed by atoms with Crippen molar-refractivity contribution in [1.82, 2.24) is 5.32 Å². The molecule has 0 aliphatic heterocycles. The standard InChI is InChI=1S/C23H21FN2O2S/c1-14(15-6-10-19(11-7-15)26-22(27)17-2-3-17)25-23(28)21-20(12-13-29-21)16-4-8-18(24)9-5-16/h4-14,17H,2-3H2,1H3,(H,25,28)(H,26,27)/t14-/m1/s1. The van der Waals surface area contributed by atoms with E-state index >= 15 is 0 Å². The zero-order valence-electron chi connectivity index (χ0n) is 15.9. The average molecular weight is 408 g/mol. The van der Waals surface area contributed by atoms with Gasteiger partial charge in [0.1, 0.15) is 5.82 Å². The minimum Gasteiger partial charge on any atom is -0.345 e. The van der Waals surface area contributed by atoms with Crippen LogP contribution in [0, 0.1) is 11.7 Å². The fraction of sp³-hybridized carbons (Fsp3) is 0.217. The van der Waals surface area contributed by atoms with Crippen LogP contribution >= 0.6 is 11.3 Å². The molecular weight excluding hydrogens is 387 g/mol. The fourth-order valence-corrected chi connectivity index (χ4v) is 3.95. The van der Waals surface area contributed by atoms with E-state index in [1.54, 1.807) is 12.1 Å². The second-order valence-electron chi connectivity index (χ2n) is 7.25. The van der Waals surface area contributed by atoms with Crippen molar-refractivity contribution < 1.29 is 14.0 Å². The van der Waals surface area contributed by atoms with Crippen molar-refractivity contribution in [3.8, 4) is 11.1 Å². The number of nitrogens with one attached hydrogen (secondary N) is 2. The summed E-state index contributed by atoms with van der Waals surface area (Å²) in [6, 6.07) is 15.3. The first kappa shape index (κ1) is 19.3. The highest BCUT2D eigenvalue weighted by atomic mass is 32.1. The quantitative estimate of drug-likeness (QED) is 0.574. The highest BCUT2D eigenvalue weighted by Crippen LogP contribution is 2.31. The van der Waals surface area contributed by atoms with Crippen LogP contribution in [0.25, 0.3) is 11.1 Å². The molecule has 0 radical (unpaired) electrons. The van der Waals surface area contributed by atoms with Gasteiger partial charge in [-0.15, -0.1) is 11.3 Å². The lowest BCUT2D eigenvalue weighted by molar-refractivity contribution is -0.117. The summed E-state index contributed by atoms with van der Waals surface area (Å²) < 4.78 is 13.2. The maximum Gasteiger partial charge on any atom is 0.262 e. The van der Waals surface area contributed by atoms with Gasteiger partial charge in [-0.05, 0) is 66.6 Å². The zero-order valence-corrected chi connectivity index (χ0v) is 16.8. The minimum atomic E-state index is -0.305. The number of carbonyl (C=O) groups excluding carboxylic acids is 2. The summed E-state index contributed by atoms with van der Waals surface area (Å²) in [5.41, 5.74) is 3.31. The number of halogens is 1. The normalized spacial score (nSPS) is 14.3. The third-order valence-electron chi connectivity index (χ3n) is 5.00. The molecule has 2 aromatic carbocycles. The Balaban J connectivity index is 1.42. The molecule has 6 heteroatoms. The molecule has 0 spiro atoms. The van der Waals surface area contributed by atoms with Crippen molar-refractivity contribution in [3.05, 3.63) is 76.2 Å². The van der Waals surface area contributed by atoms with Gasteiger partial charge in [-0.3, -0.25) is 9.59 Å². The molecule has 29 heavy (non-hydrogen) atoms. The lowest BCUT2D eigenvalue weighted by Crippen LogP contribution is -2.26. The number of hydrogen-bond donors (Lipinski definition) is 2. The molecule has 4 nitrogen and oxygen atoms in total. The molecule has 0 bridgehead atoms. The topological polar surface area (TPSA) is 58.2 Å². The molecule has 3 aromatic rings. The highest BCUT2D eigenvalue weighted by molar-refractivity contribution is 7.12. The van der Waals surface area contributed by atoms with E-state index in [0.29, 0.717) is 4.88 Å². The Hall–Kier alpha value is -2.99. The SMILES string of the molecule is C[C@@H](NC(=O)c1sccc1-c1ccc(F)cc1)c1ccc(NC(=O)C2CC2)cc1. The number of carbonyl (C=O) groups is 2. The monoisotopic (exact) mass is 408 g/mol. The maximum absolute atomic E-state index is 13.2. The molecule has 1 aliphatic carbocycles. The van der Waals surface area contributed by atoms with Gasteiger partial charge >= 0.3 is 0 Å². The Labute approximate surface area is 172 Å². The van der Waals surface area contributed by atoms with E-state index in [4.69, 9.17) is 0 Å². The van der Waals surface area contributed by atoms with Crippen LogP contribution in [0.5, 0.6) is 0 Å². The highest BCUT2D eigenvalue weighted by Gasteiger charge is 2.29. The van der Waals surface area contributed by atoms with E-state index in [2.05, 4.69) is 10.6 Å². The summed E-state index contributed by atoms with van der Waals surface area (Å²) in [4.78, 5) is 25.3. The Morgan fingerprint density at radius 1 is 1.03 bits per heavy atom. The molecule has 148 valence electrons. The summed E-state index contributed by atoms with van der Waals surface area (Å²) >= 11 is 1.36. The van der Waals surface area contributed by atoms with Gasteiger partial charge in [-0.2, -0.15) is 0 Å². The Morgan fingerprint density at radius 3 is 2.38 bits per heavy atom. The molecule has 1 saturated carbocycles. The molecule has 1 atom stereocenters. The molecule has 4 rings (SSSR count). The lowest BCUT2D eigenvalue weighted by Gasteiger charge is -2.15. The van der Waals surface area contributed by atoms with Gasteiger partial charge in [0, 0.05) is 17.2 Å². The van der Waals surface area contributed by atoms with Crippen molar-refractivity contribution >= 4 is 28.8 Å². The summed E-state index contributed by atoms with van der Waals surface area (Å²) in [6.45, 7) is 1.92. The van der Waals surface area contributed by atoms with Crippen molar-refractivity contribution in [1.29, 1.82) is 0 Å². The average Bonchev–Trinajstić information content (AvgIpc) is 3.46. The summed E-state index contributed by atoms with van der Waals surface area (Å²) in [5, 5.41) is 7.79. The van der Waals surface area contributed by atoms with E-state index in [9.17, 15) is 14.0 Å². The predicted octanol–water partition coefficient (Wildman–Crippen LogP) is 5.39. The predicted molar refractivity (Wildman–Crippen MR) is 113 cm³/mol. The largest absolute Gasteiger partial charge is 0.345 e. The van der Waals surface area contributed by atoms with E-state index in [-0.39, 0.29) is 29.6 Å².